The molecule has 0 saturated heterocycles. The summed E-state index contributed by atoms with van der Waals surface area (Å²) in [6.07, 6.45) is 3.40. The van der Waals surface area contributed by atoms with Gasteiger partial charge in [0, 0.05) is 17.1 Å². The molecule has 138 valence electrons. The fourth-order valence-electron chi connectivity index (χ4n) is 3.16. The van der Waals surface area contributed by atoms with Crippen LogP contribution in [-0.4, -0.2) is 30.0 Å². The number of para-hydroxylation sites is 1. The van der Waals surface area contributed by atoms with Crippen LogP contribution in [0.5, 0.6) is 0 Å². The topological polar surface area (TPSA) is 72.6 Å². The number of benzene rings is 1. The van der Waals surface area contributed by atoms with Crippen LogP contribution in [0.4, 0.5) is 5.69 Å². The molecule has 0 fully saturated rings. The Balaban J connectivity index is 1.44. The standard InChI is InChI=1S/C20H18N2O4S/c1-13-18(21-19(27-13)16-9-5-11-25-16)20(24)26-12-17(23)22-10-4-7-14-6-2-3-8-15(14)22/h2-3,5-6,8-9,11H,4,7,10,12H2,1H3. The van der Waals surface area contributed by atoms with E-state index in [-0.39, 0.29) is 18.2 Å². The van der Waals surface area contributed by atoms with E-state index < -0.39 is 5.97 Å². The minimum Gasteiger partial charge on any atom is -0.462 e. The Hall–Kier alpha value is -2.93. The third kappa shape index (κ3) is 3.50. The smallest absolute Gasteiger partial charge is 0.358 e. The first-order valence-corrected chi connectivity index (χ1v) is 9.52. The molecule has 0 bridgehead atoms. The van der Waals surface area contributed by atoms with Gasteiger partial charge in [-0.2, -0.15) is 0 Å². The Morgan fingerprint density at radius 1 is 1.26 bits per heavy atom. The Morgan fingerprint density at radius 3 is 2.93 bits per heavy atom. The van der Waals surface area contributed by atoms with Crippen LogP contribution in [0.3, 0.4) is 0 Å². The number of hydrogen-bond donors (Lipinski definition) is 0. The Labute approximate surface area is 160 Å². The highest BCUT2D eigenvalue weighted by Gasteiger charge is 2.25. The molecule has 0 saturated carbocycles. The van der Waals surface area contributed by atoms with Crippen LogP contribution in [0.2, 0.25) is 0 Å². The summed E-state index contributed by atoms with van der Waals surface area (Å²) in [5, 5.41) is 0.612. The van der Waals surface area contributed by atoms with E-state index in [9.17, 15) is 9.59 Å². The van der Waals surface area contributed by atoms with Crippen LogP contribution in [0, 0.1) is 6.92 Å². The van der Waals surface area contributed by atoms with Crippen molar-refractivity contribution < 1.29 is 18.7 Å². The molecule has 0 atom stereocenters. The number of carbonyl (C=O) groups is 2. The van der Waals surface area contributed by atoms with E-state index in [4.69, 9.17) is 9.15 Å². The third-order valence-corrected chi connectivity index (χ3v) is 5.45. The lowest BCUT2D eigenvalue weighted by atomic mass is 10.0. The summed E-state index contributed by atoms with van der Waals surface area (Å²) in [7, 11) is 0. The molecule has 1 aliphatic rings. The number of furan rings is 1. The van der Waals surface area contributed by atoms with Gasteiger partial charge in [0.25, 0.3) is 5.91 Å². The number of carbonyl (C=O) groups excluding carboxylic acids is 2. The Bertz CT molecular complexity index is 978. The highest BCUT2D eigenvalue weighted by Crippen LogP contribution is 2.29. The maximum atomic E-state index is 12.6. The molecule has 27 heavy (non-hydrogen) atoms. The minimum absolute atomic E-state index is 0.221. The van der Waals surface area contributed by atoms with Crippen molar-refractivity contribution in [2.45, 2.75) is 19.8 Å². The number of anilines is 1. The first-order chi connectivity index (χ1) is 13.1. The van der Waals surface area contributed by atoms with E-state index in [1.165, 1.54) is 11.3 Å². The number of hydrogen-bond acceptors (Lipinski definition) is 6. The molecular weight excluding hydrogens is 364 g/mol. The summed E-state index contributed by atoms with van der Waals surface area (Å²) in [6, 6.07) is 11.4. The minimum atomic E-state index is -0.597. The number of rotatable bonds is 4. The van der Waals surface area contributed by atoms with E-state index in [1.807, 2.05) is 24.3 Å². The van der Waals surface area contributed by atoms with Crippen molar-refractivity contribution in [3.63, 3.8) is 0 Å². The maximum Gasteiger partial charge on any atom is 0.358 e. The van der Waals surface area contributed by atoms with Crippen molar-refractivity contribution in [3.05, 3.63) is 58.8 Å². The van der Waals surface area contributed by atoms with Crippen molar-refractivity contribution in [2.24, 2.45) is 0 Å². The second-order valence-corrected chi connectivity index (χ2v) is 7.46. The molecule has 3 heterocycles. The lowest BCUT2D eigenvalue weighted by Gasteiger charge is -2.29. The quantitative estimate of drug-likeness (QED) is 0.641. The van der Waals surface area contributed by atoms with Gasteiger partial charge in [-0.3, -0.25) is 4.79 Å². The van der Waals surface area contributed by atoms with Crippen LogP contribution >= 0.6 is 11.3 Å². The molecule has 6 nitrogen and oxygen atoms in total. The van der Waals surface area contributed by atoms with E-state index in [0.29, 0.717) is 17.3 Å². The van der Waals surface area contributed by atoms with E-state index >= 15 is 0 Å². The van der Waals surface area contributed by atoms with Crippen LogP contribution in [-0.2, 0) is 16.0 Å². The molecule has 1 amide bonds. The van der Waals surface area contributed by atoms with Crippen molar-refractivity contribution in [1.29, 1.82) is 0 Å². The van der Waals surface area contributed by atoms with Gasteiger partial charge in [0.15, 0.2) is 23.1 Å². The summed E-state index contributed by atoms with van der Waals surface area (Å²) in [6.45, 7) is 2.12. The summed E-state index contributed by atoms with van der Waals surface area (Å²) in [5.41, 5.74) is 2.26. The zero-order valence-electron chi connectivity index (χ0n) is 14.8. The van der Waals surface area contributed by atoms with Gasteiger partial charge in [-0.15, -0.1) is 11.3 Å². The average Bonchev–Trinajstić information content (AvgIpc) is 3.35. The van der Waals surface area contributed by atoms with Gasteiger partial charge >= 0.3 is 5.97 Å². The van der Waals surface area contributed by atoms with Crippen LogP contribution in [0.25, 0.3) is 10.8 Å². The van der Waals surface area contributed by atoms with E-state index in [1.54, 1.807) is 30.2 Å². The van der Waals surface area contributed by atoms with Crippen LogP contribution in [0.1, 0.15) is 27.3 Å². The van der Waals surface area contributed by atoms with Gasteiger partial charge in [-0.05, 0) is 43.5 Å². The lowest BCUT2D eigenvalue weighted by molar-refractivity contribution is -0.121. The molecular formula is C20H18N2O4S. The summed E-state index contributed by atoms with van der Waals surface area (Å²) in [4.78, 5) is 31.7. The average molecular weight is 382 g/mol. The highest BCUT2D eigenvalue weighted by molar-refractivity contribution is 7.15. The van der Waals surface area contributed by atoms with Crippen molar-refractivity contribution in [2.75, 3.05) is 18.1 Å². The number of aryl methyl sites for hydroxylation is 2. The van der Waals surface area contributed by atoms with Crippen LogP contribution in [0.15, 0.2) is 47.1 Å². The molecule has 3 aromatic rings. The van der Waals surface area contributed by atoms with Crippen molar-refractivity contribution in [3.8, 4) is 10.8 Å². The normalized spacial score (nSPS) is 13.3. The number of fused-ring (bicyclic) bond motifs is 1. The number of aromatic nitrogens is 1. The zero-order chi connectivity index (χ0) is 18.8. The summed E-state index contributed by atoms with van der Waals surface area (Å²) in [5.74, 6) is -0.224. The van der Waals surface area contributed by atoms with Crippen molar-refractivity contribution >= 4 is 28.9 Å². The van der Waals surface area contributed by atoms with Gasteiger partial charge in [-0.1, -0.05) is 18.2 Å². The SMILES string of the molecule is Cc1sc(-c2ccco2)nc1C(=O)OCC(=O)N1CCCc2ccccc21. The predicted molar refractivity (Wildman–Crippen MR) is 102 cm³/mol. The third-order valence-electron chi connectivity index (χ3n) is 4.46. The van der Waals surface area contributed by atoms with Gasteiger partial charge in [0.2, 0.25) is 0 Å². The Morgan fingerprint density at radius 2 is 2.11 bits per heavy atom. The van der Waals surface area contributed by atoms with Crippen molar-refractivity contribution in [1.82, 2.24) is 4.98 Å². The molecule has 7 heteroatoms. The summed E-state index contributed by atoms with van der Waals surface area (Å²) >= 11 is 1.35. The fourth-order valence-corrected chi connectivity index (χ4v) is 4.03. The first kappa shape index (κ1) is 17.5. The molecule has 2 aromatic heterocycles. The molecule has 1 aromatic carbocycles. The predicted octanol–water partition coefficient (Wildman–Crippen LogP) is 3.85. The number of nitrogens with zero attached hydrogens (tertiary/aromatic N) is 2. The monoisotopic (exact) mass is 382 g/mol. The molecule has 1 aliphatic heterocycles. The fraction of sp³-hybridized carbons (Fsp3) is 0.250. The molecule has 0 aliphatic carbocycles. The zero-order valence-corrected chi connectivity index (χ0v) is 15.6. The molecule has 0 N–H and O–H groups in total. The molecule has 0 spiro atoms. The number of esters is 1. The first-order valence-electron chi connectivity index (χ1n) is 8.70. The number of ether oxygens (including phenoxy) is 1. The van der Waals surface area contributed by atoms with Gasteiger partial charge in [0.05, 0.1) is 6.26 Å². The molecule has 0 radical (unpaired) electrons. The van der Waals surface area contributed by atoms with E-state index in [0.717, 1.165) is 29.0 Å². The largest absolute Gasteiger partial charge is 0.462 e. The Kier molecular flexibility index (Phi) is 4.77. The van der Waals surface area contributed by atoms with Gasteiger partial charge < -0.3 is 14.1 Å². The molecule has 4 rings (SSSR count). The number of amides is 1. The van der Waals surface area contributed by atoms with E-state index in [2.05, 4.69) is 4.98 Å². The number of thiazole rings is 1. The second kappa shape index (κ2) is 7.36. The maximum absolute atomic E-state index is 12.6. The second-order valence-electron chi connectivity index (χ2n) is 6.25. The lowest BCUT2D eigenvalue weighted by Crippen LogP contribution is -2.38. The van der Waals surface area contributed by atoms with Crippen LogP contribution < -0.4 is 4.90 Å². The summed E-state index contributed by atoms with van der Waals surface area (Å²) < 4.78 is 10.6. The van der Waals surface area contributed by atoms with Gasteiger partial charge in [0.1, 0.15) is 0 Å². The van der Waals surface area contributed by atoms with Gasteiger partial charge in [-0.25, -0.2) is 9.78 Å². The molecule has 0 unspecified atom stereocenters. The highest BCUT2D eigenvalue weighted by atomic mass is 32.1.